The van der Waals surface area contributed by atoms with Crippen LogP contribution in [0.3, 0.4) is 0 Å². The number of nitrogens with zero attached hydrogens (tertiary/aromatic N) is 3. The molecule has 198 valence electrons. The number of carbonyl (C=O) groups is 2. The SMILES string of the molecule is Cc1nccn1CCCOc1ccc(NC(=O)C(=O)c2c(-c3ccccc3)cc3ccccn23)cc1C(C)C. The Morgan fingerprint density at radius 3 is 2.51 bits per heavy atom. The van der Waals surface area contributed by atoms with Gasteiger partial charge in [-0.2, -0.15) is 0 Å². The summed E-state index contributed by atoms with van der Waals surface area (Å²) in [6.45, 7) is 7.53. The molecule has 0 bridgehead atoms. The first-order valence-corrected chi connectivity index (χ1v) is 13.2. The maximum atomic E-state index is 13.5. The molecule has 3 heterocycles. The smallest absolute Gasteiger partial charge is 0.298 e. The lowest BCUT2D eigenvalue weighted by atomic mass is 10.0. The molecule has 0 saturated heterocycles. The van der Waals surface area contributed by atoms with E-state index < -0.39 is 11.7 Å². The molecule has 0 atom stereocenters. The number of benzene rings is 2. The summed E-state index contributed by atoms with van der Waals surface area (Å²) in [4.78, 5) is 31.0. The van der Waals surface area contributed by atoms with Crippen LogP contribution in [0.25, 0.3) is 16.6 Å². The van der Waals surface area contributed by atoms with E-state index in [1.54, 1.807) is 22.9 Å². The van der Waals surface area contributed by atoms with Gasteiger partial charge in [-0.25, -0.2) is 4.98 Å². The maximum absolute atomic E-state index is 13.5. The van der Waals surface area contributed by atoms with Crippen molar-refractivity contribution in [2.75, 3.05) is 11.9 Å². The highest BCUT2D eigenvalue weighted by Crippen LogP contribution is 2.31. The van der Waals surface area contributed by atoms with Crippen molar-refractivity contribution in [3.8, 4) is 16.9 Å². The number of pyridine rings is 1. The molecule has 2 aromatic carbocycles. The van der Waals surface area contributed by atoms with Gasteiger partial charge < -0.3 is 19.0 Å². The molecule has 1 amide bonds. The number of aryl methyl sites for hydroxylation is 2. The van der Waals surface area contributed by atoms with Crippen molar-refractivity contribution in [3.05, 3.63) is 108 Å². The summed E-state index contributed by atoms with van der Waals surface area (Å²) in [6, 6.07) is 22.8. The number of amides is 1. The molecule has 3 aromatic heterocycles. The normalized spacial score (nSPS) is 11.2. The minimum atomic E-state index is -0.685. The summed E-state index contributed by atoms with van der Waals surface area (Å²) in [5.41, 5.74) is 4.31. The molecule has 7 nitrogen and oxygen atoms in total. The van der Waals surface area contributed by atoms with Crippen molar-refractivity contribution >= 4 is 22.9 Å². The topological polar surface area (TPSA) is 77.6 Å². The van der Waals surface area contributed by atoms with E-state index in [1.807, 2.05) is 79.9 Å². The third kappa shape index (κ3) is 5.62. The number of nitrogens with one attached hydrogen (secondary N) is 1. The van der Waals surface area contributed by atoms with Gasteiger partial charge in [-0.3, -0.25) is 9.59 Å². The van der Waals surface area contributed by atoms with Gasteiger partial charge in [0.2, 0.25) is 0 Å². The van der Waals surface area contributed by atoms with Crippen molar-refractivity contribution in [1.29, 1.82) is 0 Å². The molecule has 0 unspecified atom stereocenters. The molecule has 39 heavy (non-hydrogen) atoms. The van der Waals surface area contributed by atoms with Gasteiger partial charge in [-0.15, -0.1) is 0 Å². The van der Waals surface area contributed by atoms with Crippen LogP contribution in [-0.4, -0.2) is 32.2 Å². The Kier molecular flexibility index (Phi) is 7.59. The predicted octanol–water partition coefficient (Wildman–Crippen LogP) is 6.53. The van der Waals surface area contributed by atoms with Gasteiger partial charge in [-0.1, -0.05) is 50.2 Å². The molecule has 5 aromatic rings. The fourth-order valence-electron chi connectivity index (χ4n) is 4.75. The first-order chi connectivity index (χ1) is 18.9. The number of Topliss-reactive ketones (excluding diaryl/α,β-unsaturated/α-hetero) is 1. The fraction of sp³-hybridized carbons (Fsp3) is 0.219. The number of rotatable bonds is 10. The van der Waals surface area contributed by atoms with E-state index in [2.05, 4.69) is 28.7 Å². The second kappa shape index (κ2) is 11.4. The summed E-state index contributed by atoms with van der Waals surface area (Å²) in [7, 11) is 0. The average molecular weight is 521 g/mol. The fourth-order valence-corrected chi connectivity index (χ4v) is 4.75. The zero-order valence-electron chi connectivity index (χ0n) is 22.4. The highest BCUT2D eigenvalue weighted by atomic mass is 16.5. The van der Waals surface area contributed by atoms with E-state index in [0.29, 0.717) is 18.0 Å². The second-order valence-electron chi connectivity index (χ2n) is 9.83. The second-order valence-corrected chi connectivity index (χ2v) is 9.83. The standard InChI is InChI=1S/C32H32N4O3/c1-22(2)27-20-25(13-14-29(27)39-19-9-16-35-18-15-33-23(35)3)34-32(38)31(37)30-28(24-10-5-4-6-11-24)21-26-12-7-8-17-36(26)30/h4-8,10-15,17-18,20-22H,9,16,19H2,1-3H3,(H,34,38). The first-order valence-electron chi connectivity index (χ1n) is 13.2. The van der Waals surface area contributed by atoms with Gasteiger partial charge in [0.25, 0.3) is 11.7 Å². The Bertz CT molecular complexity index is 1620. The molecular formula is C32H32N4O3. The Labute approximate surface area is 228 Å². The summed E-state index contributed by atoms with van der Waals surface area (Å²) >= 11 is 0. The summed E-state index contributed by atoms with van der Waals surface area (Å²) < 4.78 is 9.97. The summed E-state index contributed by atoms with van der Waals surface area (Å²) in [6.07, 6.45) is 6.41. The van der Waals surface area contributed by atoms with E-state index in [4.69, 9.17) is 4.74 Å². The monoisotopic (exact) mass is 520 g/mol. The van der Waals surface area contributed by atoms with Gasteiger partial charge in [-0.05, 0) is 66.8 Å². The molecule has 0 aliphatic carbocycles. The van der Waals surface area contributed by atoms with Gasteiger partial charge in [0, 0.05) is 41.9 Å². The zero-order valence-corrected chi connectivity index (χ0v) is 22.4. The number of hydrogen-bond acceptors (Lipinski definition) is 4. The number of ketones is 1. The molecule has 5 rings (SSSR count). The van der Waals surface area contributed by atoms with Crippen LogP contribution in [0.2, 0.25) is 0 Å². The molecule has 0 aliphatic heterocycles. The van der Waals surface area contributed by atoms with Crippen LogP contribution in [0.15, 0.2) is 91.4 Å². The van der Waals surface area contributed by atoms with Crippen LogP contribution in [0, 0.1) is 6.92 Å². The zero-order chi connectivity index (χ0) is 27.4. The lowest BCUT2D eigenvalue weighted by Gasteiger charge is -2.16. The quantitative estimate of drug-likeness (QED) is 0.129. The number of carbonyl (C=O) groups excluding carboxylic acids is 2. The van der Waals surface area contributed by atoms with E-state index in [-0.39, 0.29) is 5.92 Å². The van der Waals surface area contributed by atoms with E-state index >= 15 is 0 Å². The summed E-state index contributed by atoms with van der Waals surface area (Å²) in [5.74, 6) is 0.649. The lowest BCUT2D eigenvalue weighted by Crippen LogP contribution is -2.24. The van der Waals surface area contributed by atoms with Gasteiger partial charge in [0.05, 0.1) is 6.61 Å². The molecule has 0 spiro atoms. The van der Waals surface area contributed by atoms with Gasteiger partial charge >= 0.3 is 0 Å². The molecule has 0 fully saturated rings. The Morgan fingerprint density at radius 2 is 1.77 bits per heavy atom. The van der Waals surface area contributed by atoms with E-state index in [9.17, 15) is 9.59 Å². The third-order valence-corrected chi connectivity index (χ3v) is 6.80. The first kappa shape index (κ1) is 26.0. The van der Waals surface area contributed by atoms with Crippen LogP contribution < -0.4 is 10.1 Å². The largest absolute Gasteiger partial charge is 0.493 e. The average Bonchev–Trinajstić information content (AvgIpc) is 3.54. The lowest BCUT2D eigenvalue weighted by molar-refractivity contribution is -0.112. The Hall–Kier alpha value is -4.65. The van der Waals surface area contributed by atoms with Crippen LogP contribution in [0.5, 0.6) is 5.75 Å². The van der Waals surface area contributed by atoms with Crippen molar-refractivity contribution < 1.29 is 14.3 Å². The highest BCUT2D eigenvalue weighted by molar-refractivity contribution is 6.47. The van der Waals surface area contributed by atoms with Crippen LogP contribution in [0.4, 0.5) is 5.69 Å². The summed E-state index contributed by atoms with van der Waals surface area (Å²) in [5, 5.41) is 2.82. The number of ether oxygens (including phenoxy) is 1. The third-order valence-electron chi connectivity index (χ3n) is 6.80. The molecule has 0 radical (unpaired) electrons. The van der Waals surface area contributed by atoms with Crippen LogP contribution >= 0.6 is 0 Å². The number of aromatic nitrogens is 3. The number of fused-ring (bicyclic) bond motifs is 1. The van der Waals surface area contributed by atoms with Crippen molar-refractivity contribution in [2.24, 2.45) is 0 Å². The van der Waals surface area contributed by atoms with Crippen molar-refractivity contribution in [2.45, 2.75) is 39.7 Å². The van der Waals surface area contributed by atoms with Gasteiger partial charge in [0.1, 0.15) is 17.3 Å². The molecule has 1 N–H and O–H groups in total. The highest BCUT2D eigenvalue weighted by Gasteiger charge is 2.25. The minimum Gasteiger partial charge on any atom is -0.493 e. The van der Waals surface area contributed by atoms with E-state index in [0.717, 1.165) is 46.7 Å². The van der Waals surface area contributed by atoms with Crippen LogP contribution in [-0.2, 0) is 11.3 Å². The number of anilines is 1. The Balaban J connectivity index is 1.33. The maximum Gasteiger partial charge on any atom is 0.298 e. The van der Waals surface area contributed by atoms with Gasteiger partial charge in [0.15, 0.2) is 0 Å². The molecular weight excluding hydrogens is 488 g/mol. The Morgan fingerprint density at radius 1 is 0.974 bits per heavy atom. The predicted molar refractivity (Wildman–Crippen MR) is 153 cm³/mol. The molecule has 0 aliphatic rings. The van der Waals surface area contributed by atoms with Crippen molar-refractivity contribution in [3.63, 3.8) is 0 Å². The number of hydrogen-bond donors (Lipinski definition) is 1. The van der Waals surface area contributed by atoms with Crippen molar-refractivity contribution in [1.82, 2.24) is 14.0 Å². The van der Waals surface area contributed by atoms with E-state index in [1.165, 1.54) is 0 Å². The minimum absolute atomic E-state index is 0.169. The number of imidazole rings is 1. The molecule has 7 heteroatoms. The van der Waals surface area contributed by atoms with Crippen LogP contribution in [0.1, 0.15) is 48.1 Å². The molecule has 0 saturated carbocycles.